The van der Waals surface area contributed by atoms with Crippen LogP contribution in [0.5, 0.6) is 11.5 Å². The van der Waals surface area contributed by atoms with Crippen molar-refractivity contribution in [1.29, 1.82) is 5.26 Å². The van der Waals surface area contributed by atoms with Crippen molar-refractivity contribution in [1.82, 2.24) is 4.98 Å². The van der Waals surface area contributed by atoms with E-state index in [1.807, 2.05) is 12.1 Å². The Morgan fingerprint density at radius 1 is 1.14 bits per heavy atom. The second-order valence-electron chi connectivity index (χ2n) is 4.41. The zero-order valence-electron chi connectivity index (χ0n) is 10.9. The van der Waals surface area contributed by atoms with Crippen molar-refractivity contribution in [2.45, 2.75) is 0 Å². The summed E-state index contributed by atoms with van der Waals surface area (Å²) in [5.74, 6) is 0.312. The lowest BCUT2D eigenvalue weighted by molar-refractivity contribution is 0.484. The van der Waals surface area contributed by atoms with Gasteiger partial charge in [-0.2, -0.15) is 5.26 Å². The Hall–Kier alpha value is -3.13. The summed E-state index contributed by atoms with van der Waals surface area (Å²) in [5, 5.41) is 9.78. The highest BCUT2D eigenvalue weighted by atomic mass is 19.1. The fourth-order valence-electron chi connectivity index (χ4n) is 2.05. The van der Waals surface area contributed by atoms with Gasteiger partial charge in [0.15, 0.2) is 0 Å². The molecule has 2 N–H and O–H groups in total. The predicted molar refractivity (Wildman–Crippen MR) is 77.3 cm³/mol. The quantitative estimate of drug-likeness (QED) is 0.727. The van der Waals surface area contributed by atoms with Crippen molar-refractivity contribution in [3.8, 4) is 17.6 Å². The van der Waals surface area contributed by atoms with Gasteiger partial charge in [0.25, 0.3) is 0 Å². The molecule has 0 atom stereocenters. The summed E-state index contributed by atoms with van der Waals surface area (Å²) in [6, 6.07) is 12.7. The van der Waals surface area contributed by atoms with Gasteiger partial charge in [-0.3, -0.25) is 4.98 Å². The van der Waals surface area contributed by atoms with Gasteiger partial charge in [-0.1, -0.05) is 0 Å². The molecule has 0 radical (unpaired) electrons. The second kappa shape index (κ2) is 5.10. The number of nitriles is 1. The molecule has 0 aliphatic heterocycles. The Labute approximate surface area is 120 Å². The summed E-state index contributed by atoms with van der Waals surface area (Å²) in [6.45, 7) is 0. The summed E-state index contributed by atoms with van der Waals surface area (Å²) in [4.78, 5) is 4.21. The van der Waals surface area contributed by atoms with E-state index >= 15 is 0 Å². The molecule has 0 bridgehead atoms. The van der Waals surface area contributed by atoms with Crippen molar-refractivity contribution >= 4 is 16.6 Å². The van der Waals surface area contributed by atoms with E-state index in [0.29, 0.717) is 17.0 Å². The Kier molecular flexibility index (Phi) is 3.13. The number of ether oxygens (including phenoxy) is 1. The van der Waals surface area contributed by atoms with Crippen LogP contribution in [0.25, 0.3) is 10.9 Å². The van der Waals surface area contributed by atoms with Gasteiger partial charge in [0, 0.05) is 11.6 Å². The van der Waals surface area contributed by atoms with Crippen LogP contribution in [0.1, 0.15) is 5.56 Å². The number of pyridine rings is 1. The number of nitrogens with zero attached hydrogens (tertiary/aromatic N) is 2. The first-order valence-electron chi connectivity index (χ1n) is 6.20. The van der Waals surface area contributed by atoms with E-state index in [1.165, 1.54) is 12.1 Å². The molecular weight excluding hydrogens is 269 g/mol. The normalized spacial score (nSPS) is 10.3. The van der Waals surface area contributed by atoms with Crippen LogP contribution in [-0.2, 0) is 0 Å². The van der Waals surface area contributed by atoms with Crippen LogP contribution in [0, 0.1) is 17.1 Å². The second-order valence-corrected chi connectivity index (χ2v) is 4.41. The fourth-order valence-corrected chi connectivity index (χ4v) is 2.05. The third-order valence-corrected chi connectivity index (χ3v) is 3.04. The molecule has 1 heterocycles. The summed E-state index contributed by atoms with van der Waals surface area (Å²) >= 11 is 0. The average molecular weight is 279 g/mol. The van der Waals surface area contributed by atoms with Crippen molar-refractivity contribution in [2.75, 3.05) is 5.73 Å². The molecule has 0 unspecified atom stereocenters. The number of benzene rings is 2. The zero-order valence-corrected chi connectivity index (χ0v) is 10.9. The minimum atomic E-state index is -0.484. The van der Waals surface area contributed by atoms with E-state index < -0.39 is 5.82 Å². The topological polar surface area (TPSA) is 71.9 Å². The highest BCUT2D eigenvalue weighted by Gasteiger charge is 2.10. The largest absolute Gasteiger partial charge is 0.455 e. The first-order valence-corrected chi connectivity index (χ1v) is 6.20. The summed E-state index contributed by atoms with van der Waals surface area (Å²) < 4.78 is 18.9. The number of anilines is 1. The van der Waals surface area contributed by atoms with Crippen LogP contribution in [0.2, 0.25) is 0 Å². The van der Waals surface area contributed by atoms with Crippen LogP contribution < -0.4 is 10.5 Å². The third kappa shape index (κ3) is 2.35. The summed E-state index contributed by atoms with van der Waals surface area (Å²) in [6.07, 6.45) is 1.64. The molecule has 5 heteroatoms. The van der Waals surface area contributed by atoms with Crippen LogP contribution in [0.4, 0.5) is 10.1 Å². The number of nitrogen functional groups attached to an aromatic ring is 1. The maximum absolute atomic E-state index is 13.1. The molecule has 21 heavy (non-hydrogen) atoms. The Bertz CT molecular complexity index is 871. The fraction of sp³-hybridized carbons (Fsp3) is 0. The smallest absolute Gasteiger partial charge is 0.145 e. The standard InChI is InChI=1S/C16H10FN3O/c17-11-3-5-14(10(8-11)9-18)21-15-6-4-13(19)16-12(15)2-1-7-20-16/h1-8H,19H2. The molecule has 3 rings (SSSR count). The molecule has 0 aliphatic carbocycles. The van der Waals surface area contributed by atoms with Crippen molar-refractivity contribution in [2.24, 2.45) is 0 Å². The highest BCUT2D eigenvalue weighted by Crippen LogP contribution is 2.33. The lowest BCUT2D eigenvalue weighted by Gasteiger charge is -2.11. The molecule has 102 valence electrons. The third-order valence-electron chi connectivity index (χ3n) is 3.04. The van der Waals surface area contributed by atoms with Crippen LogP contribution >= 0.6 is 0 Å². The van der Waals surface area contributed by atoms with Gasteiger partial charge in [0.2, 0.25) is 0 Å². The highest BCUT2D eigenvalue weighted by molar-refractivity contribution is 5.93. The number of fused-ring (bicyclic) bond motifs is 1. The van der Waals surface area contributed by atoms with Crippen molar-refractivity contribution in [3.63, 3.8) is 0 Å². The Morgan fingerprint density at radius 2 is 1.95 bits per heavy atom. The molecule has 2 aromatic carbocycles. The maximum atomic E-state index is 13.1. The van der Waals surface area contributed by atoms with E-state index in [-0.39, 0.29) is 11.3 Å². The van der Waals surface area contributed by atoms with Crippen molar-refractivity contribution < 1.29 is 9.13 Å². The van der Waals surface area contributed by atoms with Gasteiger partial charge < -0.3 is 10.5 Å². The average Bonchev–Trinajstić information content (AvgIpc) is 2.52. The van der Waals surface area contributed by atoms with Gasteiger partial charge in [-0.15, -0.1) is 0 Å². The van der Waals surface area contributed by atoms with E-state index in [1.54, 1.807) is 24.4 Å². The number of aromatic nitrogens is 1. The Balaban J connectivity index is 2.11. The van der Waals surface area contributed by atoms with Crippen LogP contribution in [-0.4, -0.2) is 4.98 Å². The van der Waals surface area contributed by atoms with E-state index in [4.69, 9.17) is 15.7 Å². The first-order chi connectivity index (χ1) is 10.2. The number of hydrogen-bond acceptors (Lipinski definition) is 4. The van der Waals surface area contributed by atoms with Crippen LogP contribution in [0.15, 0.2) is 48.7 Å². The SMILES string of the molecule is N#Cc1cc(F)ccc1Oc1ccc(N)c2ncccc12. The molecule has 1 aromatic heterocycles. The molecule has 0 spiro atoms. The van der Waals surface area contributed by atoms with E-state index in [0.717, 1.165) is 11.5 Å². The summed E-state index contributed by atoms with van der Waals surface area (Å²) in [7, 11) is 0. The monoisotopic (exact) mass is 279 g/mol. The van der Waals surface area contributed by atoms with Gasteiger partial charge in [-0.25, -0.2) is 4.39 Å². The lowest BCUT2D eigenvalue weighted by atomic mass is 10.1. The Morgan fingerprint density at radius 3 is 2.76 bits per heavy atom. The van der Waals surface area contributed by atoms with Gasteiger partial charge in [0.1, 0.15) is 23.4 Å². The minimum absolute atomic E-state index is 0.129. The van der Waals surface area contributed by atoms with Gasteiger partial charge in [-0.05, 0) is 42.5 Å². The number of rotatable bonds is 2. The molecule has 0 saturated heterocycles. The molecule has 4 nitrogen and oxygen atoms in total. The number of hydrogen-bond donors (Lipinski definition) is 1. The van der Waals surface area contributed by atoms with E-state index in [2.05, 4.69) is 4.98 Å². The van der Waals surface area contributed by atoms with Gasteiger partial charge in [0.05, 0.1) is 16.8 Å². The molecule has 0 saturated carbocycles. The van der Waals surface area contributed by atoms with Crippen LogP contribution in [0.3, 0.4) is 0 Å². The molecular formula is C16H10FN3O. The van der Waals surface area contributed by atoms with Gasteiger partial charge >= 0.3 is 0 Å². The molecule has 0 fully saturated rings. The predicted octanol–water partition coefficient (Wildman–Crippen LogP) is 3.62. The number of halogens is 1. The van der Waals surface area contributed by atoms with Crippen molar-refractivity contribution in [3.05, 3.63) is 60.0 Å². The number of nitrogens with two attached hydrogens (primary N) is 1. The first kappa shape index (κ1) is 12.9. The minimum Gasteiger partial charge on any atom is -0.455 e. The summed E-state index contributed by atoms with van der Waals surface area (Å²) in [5.41, 5.74) is 7.16. The lowest BCUT2D eigenvalue weighted by Crippen LogP contribution is -1.94. The zero-order chi connectivity index (χ0) is 14.8. The maximum Gasteiger partial charge on any atom is 0.145 e. The van der Waals surface area contributed by atoms with E-state index in [9.17, 15) is 4.39 Å². The molecule has 3 aromatic rings. The molecule has 0 aliphatic rings. The molecule has 0 amide bonds.